The molecule has 21 heavy (non-hydrogen) atoms. The zero-order valence-corrected chi connectivity index (χ0v) is 14.6. The SMILES string of the molecule is CCCNC(C)(CC(C)N(CCC(C)C)C1CC1)C(N)=O. The number of hydrogen-bond acceptors (Lipinski definition) is 3. The van der Waals surface area contributed by atoms with Gasteiger partial charge in [0.1, 0.15) is 0 Å². The fourth-order valence-electron chi connectivity index (χ4n) is 2.95. The molecule has 1 saturated carbocycles. The number of nitrogens with zero attached hydrogens (tertiary/aromatic N) is 1. The Morgan fingerprint density at radius 2 is 2.00 bits per heavy atom. The highest BCUT2D eigenvalue weighted by atomic mass is 16.1. The van der Waals surface area contributed by atoms with Gasteiger partial charge in [-0.3, -0.25) is 9.69 Å². The Bertz CT molecular complexity index is 328. The van der Waals surface area contributed by atoms with Crippen LogP contribution in [-0.4, -0.2) is 41.5 Å². The first-order valence-electron chi connectivity index (χ1n) is 8.60. The molecular weight excluding hydrogens is 262 g/mol. The molecule has 124 valence electrons. The molecule has 0 aromatic rings. The normalized spacial score (nSPS) is 19.8. The molecular formula is C17H35N3O. The topological polar surface area (TPSA) is 58.4 Å². The summed E-state index contributed by atoms with van der Waals surface area (Å²) in [6.45, 7) is 12.8. The minimum Gasteiger partial charge on any atom is -0.368 e. The summed E-state index contributed by atoms with van der Waals surface area (Å²) in [7, 11) is 0. The van der Waals surface area contributed by atoms with Crippen LogP contribution < -0.4 is 11.1 Å². The van der Waals surface area contributed by atoms with Crippen LogP contribution in [0.1, 0.15) is 66.7 Å². The zero-order valence-electron chi connectivity index (χ0n) is 14.6. The van der Waals surface area contributed by atoms with Crippen LogP contribution in [0.2, 0.25) is 0 Å². The van der Waals surface area contributed by atoms with Crippen molar-refractivity contribution in [1.29, 1.82) is 0 Å². The molecule has 0 heterocycles. The molecule has 1 aliphatic carbocycles. The van der Waals surface area contributed by atoms with Gasteiger partial charge in [0, 0.05) is 12.1 Å². The predicted octanol–water partition coefficient (Wildman–Crippen LogP) is 2.52. The summed E-state index contributed by atoms with van der Waals surface area (Å²) in [6, 6.07) is 1.11. The van der Waals surface area contributed by atoms with Gasteiger partial charge in [0.2, 0.25) is 5.91 Å². The molecule has 1 amide bonds. The summed E-state index contributed by atoms with van der Waals surface area (Å²) >= 11 is 0. The molecule has 0 spiro atoms. The van der Waals surface area contributed by atoms with E-state index in [2.05, 4.69) is 37.9 Å². The molecule has 2 unspecified atom stereocenters. The lowest BCUT2D eigenvalue weighted by atomic mass is 9.91. The number of primary amides is 1. The standard InChI is InChI=1S/C17H35N3O/c1-6-10-19-17(5,16(18)21)12-14(4)20(15-7-8-15)11-9-13(2)3/h13-15,19H,6-12H2,1-5H3,(H2,18,21). The Balaban J connectivity index is 2.64. The van der Waals surface area contributed by atoms with E-state index in [-0.39, 0.29) is 5.91 Å². The lowest BCUT2D eigenvalue weighted by Crippen LogP contribution is -2.56. The predicted molar refractivity (Wildman–Crippen MR) is 89.2 cm³/mol. The van der Waals surface area contributed by atoms with Crippen molar-refractivity contribution < 1.29 is 4.79 Å². The Hall–Kier alpha value is -0.610. The fourth-order valence-corrected chi connectivity index (χ4v) is 2.95. The van der Waals surface area contributed by atoms with E-state index in [0.717, 1.165) is 37.9 Å². The van der Waals surface area contributed by atoms with Crippen molar-refractivity contribution in [3.63, 3.8) is 0 Å². The lowest BCUT2D eigenvalue weighted by Gasteiger charge is -2.36. The highest BCUT2D eigenvalue weighted by molar-refractivity contribution is 5.84. The molecule has 1 fully saturated rings. The monoisotopic (exact) mass is 297 g/mol. The minimum absolute atomic E-state index is 0.234. The maximum Gasteiger partial charge on any atom is 0.237 e. The molecule has 0 saturated heterocycles. The van der Waals surface area contributed by atoms with Crippen LogP contribution in [0.15, 0.2) is 0 Å². The van der Waals surface area contributed by atoms with E-state index in [1.165, 1.54) is 19.3 Å². The Morgan fingerprint density at radius 3 is 2.43 bits per heavy atom. The molecule has 2 atom stereocenters. The summed E-state index contributed by atoms with van der Waals surface area (Å²) < 4.78 is 0. The van der Waals surface area contributed by atoms with Crippen LogP contribution in [0, 0.1) is 5.92 Å². The smallest absolute Gasteiger partial charge is 0.237 e. The van der Waals surface area contributed by atoms with Crippen molar-refractivity contribution in [2.75, 3.05) is 13.1 Å². The van der Waals surface area contributed by atoms with Gasteiger partial charge in [-0.25, -0.2) is 0 Å². The van der Waals surface area contributed by atoms with Gasteiger partial charge in [0.15, 0.2) is 0 Å². The number of hydrogen-bond donors (Lipinski definition) is 2. The van der Waals surface area contributed by atoms with Crippen molar-refractivity contribution in [2.45, 2.75) is 84.3 Å². The first kappa shape index (κ1) is 18.4. The maximum absolute atomic E-state index is 11.9. The average Bonchev–Trinajstić information content (AvgIpc) is 3.20. The molecule has 3 N–H and O–H groups in total. The molecule has 0 aromatic heterocycles. The van der Waals surface area contributed by atoms with Crippen LogP contribution in [0.25, 0.3) is 0 Å². The molecule has 4 nitrogen and oxygen atoms in total. The van der Waals surface area contributed by atoms with Gasteiger partial charge in [0.05, 0.1) is 5.54 Å². The van der Waals surface area contributed by atoms with E-state index in [0.29, 0.717) is 6.04 Å². The van der Waals surface area contributed by atoms with E-state index in [1.807, 2.05) is 6.92 Å². The number of carbonyl (C=O) groups is 1. The third-order valence-electron chi connectivity index (χ3n) is 4.56. The molecule has 1 rings (SSSR count). The van der Waals surface area contributed by atoms with Crippen molar-refractivity contribution in [2.24, 2.45) is 11.7 Å². The Labute approximate surface area is 130 Å². The van der Waals surface area contributed by atoms with E-state index in [9.17, 15) is 4.79 Å². The number of nitrogens with two attached hydrogens (primary N) is 1. The molecule has 1 aliphatic rings. The number of rotatable bonds is 11. The van der Waals surface area contributed by atoms with Crippen LogP contribution in [0.3, 0.4) is 0 Å². The molecule has 0 aliphatic heterocycles. The summed E-state index contributed by atoms with van der Waals surface area (Å²) in [6.07, 6.45) is 5.63. The first-order valence-corrected chi connectivity index (χ1v) is 8.60. The highest BCUT2D eigenvalue weighted by Gasteiger charge is 2.38. The van der Waals surface area contributed by atoms with Gasteiger partial charge < -0.3 is 11.1 Å². The molecule has 0 bridgehead atoms. The van der Waals surface area contributed by atoms with Gasteiger partial charge in [-0.05, 0) is 65.0 Å². The van der Waals surface area contributed by atoms with Crippen molar-refractivity contribution >= 4 is 5.91 Å². The second-order valence-corrected chi connectivity index (χ2v) is 7.33. The van der Waals surface area contributed by atoms with Gasteiger partial charge in [0.25, 0.3) is 0 Å². The second-order valence-electron chi connectivity index (χ2n) is 7.33. The van der Waals surface area contributed by atoms with Crippen molar-refractivity contribution in [1.82, 2.24) is 10.2 Å². The first-order chi connectivity index (χ1) is 9.80. The van der Waals surface area contributed by atoms with Crippen molar-refractivity contribution in [3.8, 4) is 0 Å². The summed E-state index contributed by atoms with van der Waals surface area (Å²) in [5.41, 5.74) is 5.06. The van der Waals surface area contributed by atoms with E-state index < -0.39 is 5.54 Å². The largest absolute Gasteiger partial charge is 0.368 e. The van der Waals surface area contributed by atoms with Crippen LogP contribution in [-0.2, 0) is 4.79 Å². The molecule has 0 aromatic carbocycles. The highest BCUT2D eigenvalue weighted by Crippen LogP contribution is 2.31. The Morgan fingerprint density at radius 1 is 1.38 bits per heavy atom. The number of carbonyl (C=O) groups excluding carboxylic acids is 1. The fraction of sp³-hybridized carbons (Fsp3) is 0.941. The second kappa shape index (κ2) is 8.14. The zero-order chi connectivity index (χ0) is 16.0. The summed E-state index contributed by atoms with van der Waals surface area (Å²) in [5, 5.41) is 3.35. The Kier molecular flexibility index (Phi) is 7.14. The van der Waals surface area contributed by atoms with Crippen LogP contribution in [0.5, 0.6) is 0 Å². The van der Waals surface area contributed by atoms with Gasteiger partial charge in [-0.15, -0.1) is 0 Å². The number of nitrogens with one attached hydrogen (secondary N) is 1. The third-order valence-corrected chi connectivity index (χ3v) is 4.56. The van der Waals surface area contributed by atoms with Gasteiger partial charge in [-0.2, -0.15) is 0 Å². The van der Waals surface area contributed by atoms with Gasteiger partial charge in [-0.1, -0.05) is 20.8 Å². The van der Waals surface area contributed by atoms with Crippen molar-refractivity contribution in [3.05, 3.63) is 0 Å². The quantitative estimate of drug-likeness (QED) is 0.616. The van der Waals surface area contributed by atoms with E-state index >= 15 is 0 Å². The lowest BCUT2D eigenvalue weighted by molar-refractivity contribution is -0.124. The minimum atomic E-state index is -0.597. The maximum atomic E-state index is 11.9. The van der Waals surface area contributed by atoms with Crippen LogP contribution in [0.4, 0.5) is 0 Å². The summed E-state index contributed by atoms with van der Waals surface area (Å²) in [5.74, 6) is 0.488. The van der Waals surface area contributed by atoms with E-state index in [4.69, 9.17) is 5.73 Å². The molecule has 4 heteroatoms. The average molecular weight is 297 g/mol. The third kappa shape index (κ3) is 5.95. The van der Waals surface area contributed by atoms with Gasteiger partial charge >= 0.3 is 0 Å². The molecule has 0 radical (unpaired) electrons. The number of amides is 1. The summed E-state index contributed by atoms with van der Waals surface area (Å²) in [4.78, 5) is 14.5. The van der Waals surface area contributed by atoms with Crippen LogP contribution >= 0.6 is 0 Å². The van der Waals surface area contributed by atoms with E-state index in [1.54, 1.807) is 0 Å².